The van der Waals surface area contributed by atoms with Crippen molar-refractivity contribution in [3.05, 3.63) is 24.3 Å². The smallest absolute Gasteiger partial charge is 0.262 e. The Hall–Kier alpha value is -1.89. The average Bonchev–Trinajstić information content (AvgIpc) is 3.18. The van der Waals surface area contributed by atoms with E-state index < -0.39 is 10.0 Å². The standard InChI is InChI=1S/C21H29N3O3S/c25-21(13-17-12-15-8-9-16(17)11-15)23-18-5-4-6-19(14-18)28(26,27)24-20-7-2-1-3-10-22-20/h4-6,14-17H,1-3,7-13H2,(H,22,24)(H,23,25)/t15-,16+,17+/m0/s1. The van der Waals surface area contributed by atoms with E-state index in [4.69, 9.17) is 0 Å². The maximum atomic E-state index is 12.7. The Morgan fingerprint density at radius 3 is 2.82 bits per heavy atom. The highest BCUT2D eigenvalue weighted by molar-refractivity contribution is 7.90. The highest BCUT2D eigenvalue weighted by atomic mass is 32.2. The van der Waals surface area contributed by atoms with E-state index in [1.54, 1.807) is 18.2 Å². The Kier molecular flexibility index (Phi) is 5.71. The topological polar surface area (TPSA) is 87.6 Å². The predicted octanol–water partition coefficient (Wildman–Crippen LogP) is 3.70. The molecule has 4 rings (SSSR count). The van der Waals surface area contributed by atoms with Gasteiger partial charge in [-0.1, -0.05) is 18.9 Å². The first kappa shape index (κ1) is 19.4. The van der Waals surface area contributed by atoms with Crippen LogP contribution < -0.4 is 10.0 Å². The van der Waals surface area contributed by atoms with Crippen molar-refractivity contribution in [2.45, 2.75) is 62.7 Å². The lowest BCUT2D eigenvalue weighted by Crippen LogP contribution is -2.30. The van der Waals surface area contributed by atoms with Gasteiger partial charge in [0.1, 0.15) is 5.84 Å². The Morgan fingerprint density at radius 1 is 1.14 bits per heavy atom. The molecule has 1 aliphatic heterocycles. The van der Waals surface area contributed by atoms with Crippen LogP contribution in [0.4, 0.5) is 5.69 Å². The molecule has 0 aromatic heterocycles. The highest BCUT2D eigenvalue weighted by Gasteiger charge is 2.40. The van der Waals surface area contributed by atoms with E-state index >= 15 is 0 Å². The van der Waals surface area contributed by atoms with Crippen molar-refractivity contribution in [2.75, 3.05) is 11.9 Å². The number of anilines is 1. The van der Waals surface area contributed by atoms with Gasteiger partial charge in [0.25, 0.3) is 10.0 Å². The van der Waals surface area contributed by atoms with Crippen LogP contribution in [0.2, 0.25) is 0 Å². The quantitative estimate of drug-likeness (QED) is 0.786. The summed E-state index contributed by atoms with van der Waals surface area (Å²) >= 11 is 0. The molecule has 0 spiro atoms. The fourth-order valence-corrected chi connectivity index (χ4v) is 6.12. The molecular formula is C21H29N3O3S. The molecular weight excluding hydrogens is 374 g/mol. The van der Waals surface area contributed by atoms with Gasteiger partial charge in [0.2, 0.25) is 5.91 Å². The second-order valence-electron chi connectivity index (χ2n) is 8.46. The van der Waals surface area contributed by atoms with Crippen molar-refractivity contribution in [1.29, 1.82) is 0 Å². The third-order valence-electron chi connectivity index (χ3n) is 6.39. The summed E-state index contributed by atoms with van der Waals surface area (Å²) in [5.74, 6) is 2.51. The van der Waals surface area contributed by atoms with Crippen molar-refractivity contribution in [2.24, 2.45) is 22.7 Å². The molecule has 7 heteroatoms. The SMILES string of the molecule is O=C(C[C@H]1C[C@H]2CC[C@@H]1C2)Nc1cccc(S(=O)(=O)NC2=NCCCCC2)c1. The van der Waals surface area contributed by atoms with Gasteiger partial charge in [0, 0.05) is 25.1 Å². The van der Waals surface area contributed by atoms with E-state index in [-0.39, 0.29) is 10.8 Å². The van der Waals surface area contributed by atoms with Gasteiger partial charge < -0.3 is 5.32 Å². The molecule has 152 valence electrons. The van der Waals surface area contributed by atoms with Crippen LogP contribution in [-0.2, 0) is 14.8 Å². The molecule has 6 nitrogen and oxygen atoms in total. The van der Waals surface area contributed by atoms with E-state index in [0.717, 1.165) is 25.2 Å². The average molecular weight is 404 g/mol. The van der Waals surface area contributed by atoms with Crippen molar-refractivity contribution < 1.29 is 13.2 Å². The molecule has 0 saturated heterocycles. The first-order chi connectivity index (χ1) is 13.5. The molecule has 2 aliphatic carbocycles. The maximum absolute atomic E-state index is 12.7. The summed E-state index contributed by atoms with van der Waals surface area (Å²) in [6, 6.07) is 6.47. The van der Waals surface area contributed by atoms with Crippen LogP contribution in [0, 0.1) is 17.8 Å². The lowest BCUT2D eigenvalue weighted by atomic mass is 9.86. The van der Waals surface area contributed by atoms with Crippen LogP contribution in [0.25, 0.3) is 0 Å². The van der Waals surface area contributed by atoms with E-state index in [0.29, 0.717) is 42.7 Å². The van der Waals surface area contributed by atoms with Gasteiger partial charge in [-0.2, -0.15) is 0 Å². The zero-order valence-electron chi connectivity index (χ0n) is 16.2. The summed E-state index contributed by atoms with van der Waals surface area (Å²) in [5.41, 5.74) is 0.527. The highest BCUT2D eigenvalue weighted by Crippen LogP contribution is 2.49. The number of carbonyl (C=O) groups excluding carboxylic acids is 1. The Morgan fingerprint density at radius 2 is 2.04 bits per heavy atom. The lowest BCUT2D eigenvalue weighted by Gasteiger charge is -2.21. The minimum absolute atomic E-state index is 0.0202. The molecule has 3 atom stereocenters. The molecule has 1 amide bonds. The third-order valence-corrected chi connectivity index (χ3v) is 7.77. The van der Waals surface area contributed by atoms with E-state index in [1.807, 2.05) is 0 Å². The Labute approximate surface area is 167 Å². The second-order valence-corrected chi connectivity index (χ2v) is 10.1. The minimum Gasteiger partial charge on any atom is -0.326 e. The summed E-state index contributed by atoms with van der Waals surface area (Å²) < 4.78 is 28.0. The van der Waals surface area contributed by atoms with Gasteiger partial charge in [-0.3, -0.25) is 14.5 Å². The first-order valence-corrected chi connectivity index (χ1v) is 11.9. The number of hydrogen-bond acceptors (Lipinski definition) is 4. The van der Waals surface area contributed by atoms with E-state index in [1.165, 1.54) is 31.7 Å². The first-order valence-electron chi connectivity index (χ1n) is 10.5. The predicted molar refractivity (Wildman–Crippen MR) is 110 cm³/mol. The number of hydrogen-bond donors (Lipinski definition) is 2. The number of benzene rings is 1. The number of rotatable bonds is 5. The molecule has 0 radical (unpaired) electrons. The van der Waals surface area contributed by atoms with Crippen LogP contribution in [0.3, 0.4) is 0 Å². The molecule has 1 aromatic carbocycles. The van der Waals surface area contributed by atoms with Crippen molar-refractivity contribution in [1.82, 2.24) is 4.72 Å². The molecule has 2 saturated carbocycles. The minimum atomic E-state index is -3.70. The van der Waals surface area contributed by atoms with Crippen LogP contribution in [0.5, 0.6) is 0 Å². The second kappa shape index (κ2) is 8.23. The van der Waals surface area contributed by atoms with Gasteiger partial charge in [-0.05, 0) is 68.1 Å². The van der Waals surface area contributed by atoms with Crippen molar-refractivity contribution in [3.8, 4) is 0 Å². The summed E-state index contributed by atoms with van der Waals surface area (Å²) in [6.07, 6.45) is 9.22. The third kappa shape index (κ3) is 4.57. The Bertz CT molecular complexity index is 865. The van der Waals surface area contributed by atoms with Crippen LogP contribution in [-0.4, -0.2) is 26.7 Å². The number of fused-ring (bicyclic) bond motifs is 2. The van der Waals surface area contributed by atoms with E-state index in [9.17, 15) is 13.2 Å². The van der Waals surface area contributed by atoms with Crippen LogP contribution in [0.1, 0.15) is 57.8 Å². The number of aliphatic imine (C=N–C) groups is 1. The number of nitrogens with zero attached hydrogens (tertiary/aromatic N) is 1. The molecule has 2 N–H and O–H groups in total. The van der Waals surface area contributed by atoms with Crippen molar-refractivity contribution >= 4 is 27.5 Å². The Balaban J connectivity index is 1.39. The maximum Gasteiger partial charge on any atom is 0.262 e. The zero-order chi connectivity index (χ0) is 19.6. The van der Waals surface area contributed by atoms with E-state index in [2.05, 4.69) is 15.0 Å². The number of amidine groups is 1. The van der Waals surface area contributed by atoms with Gasteiger partial charge in [0.15, 0.2) is 0 Å². The molecule has 0 unspecified atom stereocenters. The summed E-state index contributed by atoms with van der Waals surface area (Å²) in [5, 5.41) is 2.89. The number of sulfonamides is 1. The summed E-state index contributed by atoms with van der Waals surface area (Å²) in [6.45, 7) is 0.664. The van der Waals surface area contributed by atoms with Crippen molar-refractivity contribution in [3.63, 3.8) is 0 Å². The fraction of sp³-hybridized carbons (Fsp3) is 0.619. The molecule has 1 aromatic rings. The molecule has 1 heterocycles. The van der Waals surface area contributed by atoms with Crippen LogP contribution >= 0.6 is 0 Å². The van der Waals surface area contributed by atoms with Gasteiger partial charge in [-0.25, -0.2) is 8.42 Å². The molecule has 28 heavy (non-hydrogen) atoms. The summed E-state index contributed by atoms with van der Waals surface area (Å²) in [7, 11) is -3.70. The number of carbonyl (C=O) groups is 1. The molecule has 2 fully saturated rings. The van der Waals surface area contributed by atoms with Gasteiger partial charge in [-0.15, -0.1) is 0 Å². The van der Waals surface area contributed by atoms with Gasteiger partial charge in [0.05, 0.1) is 4.90 Å². The monoisotopic (exact) mass is 403 g/mol. The summed E-state index contributed by atoms with van der Waals surface area (Å²) in [4.78, 5) is 17.0. The normalized spacial score (nSPS) is 27.1. The zero-order valence-corrected chi connectivity index (χ0v) is 17.0. The van der Waals surface area contributed by atoms with Crippen LogP contribution in [0.15, 0.2) is 34.2 Å². The number of amides is 1. The largest absolute Gasteiger partial charge is 0.326 e. The van der Waals surface area contributed by atoms with Gasteiger partial charge >= 0.3 is 0 Å². The lowest BCUT2D eigenvalue weighted by molar-refractivity contribution is -0.117. The fourth-order valence-electron chi connectivity index (χ4n) is 4.99. The molecule has 3 aliphatic rings. The molecule has 2 bridgehead atoms. The number of nitrogens with one attached hydrogen (secondary N) is 2.